The third-order valence-corrected chi connectivity index (χ3v) is 4.20. The second-order valence-corrected chi connectivity index (χ2v) is 5.56. The van der Waals surface area contributed by atoms with Crippen LogP contribution >= 0.6 is 15.9 Å². The molecule has 0 radical (unpaired) electrons. The lowest BCUT2D eigenvalue weighted by Crippen LogP contribution is -2.29. The van der Waals surface area contributed by atoms with Crippen LogP contribution in [0.25, 0.3) is 11.0 Å². The van der Waals surface area contributed by atoms with Crippen molar-refractivity contribution in [3.05, 3.63) is 22.7 Å². The van der Waals surface area contributed by atoms with Gasteiger partial charge in [0, 0.05) is 10.0 Å². The highest BCUT2D eigenvalue weighted by Gasteiger charge is 2.26. The Morgan fingerprint density at radius 3 is 2.59 bits per heavy atom. The quantitative estimate of drug-likeness (QED) is 0.933. The van der Waals surface area contributed by atoms with Crippen LogP contribution < -0.4 is 5.73 Å². The van der Waals surface area contributed by atoms with Crippen molar-refractivity contribution in [2.24, 2.45) is 0 Å². The highest BCUT2D eigenvalue weighted by atomic mass is 79.9. The molecule has 0 atom stereocenters. The van der Waals surface area contributed by atoms with Crippen molar-refractivity contribution in [2.45, 2.75) is 39.2 Å². The predicted octanol–water partition coefficient (Wildman–Crippen LogP) is 3.92. The maximum atomic E-state index is 6.08. The molecule has 1 aromatic carbocycles. The third-order valence-electron chi connectivity index (χ3n) is 3.71. The SMILES string of the molecule is CCC(C)(CC)n1c(N)nc2cc(Br)ccc21. The van der Waals surface area contributed by atoms with Crippen molar-refractivity contribution < 1.29 is 0 Å². The van der Waals surface area contributed by atoms with Gasteiger partial charge in [-0.25, -0.2) is 4.98 Å². The van der Waals surface area contributed by atoms with Gasteiger partial charge in [-0.2, -0.15) is 0 Å². The maximum Gasteiger partial charge on any atom is 0.201 e. The zero-order chi connectivity index (χ0) is 12.6. The molecule has 0 aliphatic carbocycles. The Hall–Kier alpha value is -1.03. The topological polar surface area (TPSA) is 43.8 Å². The van der Waals surface area contributed by atoms with Crippen LogP contribution in [-0.4, -0.2) is 9.55 Å². The number of nitrogen functional groups attached to an aromatic ring is 1. The van der Waals surface area contributed by atoms with Crippen LogP contribution in [0.2, 0.25) is 0 Å². The molecule has 0 fully saturated rings. The van der Waals surface area contributed by atoms with Gasteiger partial charge < -0.3 is 10.3 Å². The average Bonchev–Trinajstić information content (AvgIpc) is 2.64. The molecule has 2 aromatic rings. The summed E-state index contributed by atoms with van der Waals surface area (Å²) in [5.74, 6) is 0.601. The number of nitrogens with zero attached hydrogens (tertiary/aromatic N) is 2. The van der Waals surface area contributed by atoms with Crippen molar-refractivity contribution in [3.8, 4) is 0 Å². The fraction of sp³-hybridized carbons (Fsp3) is 0.462. The van der Waals surface area contributed by atoms with Gasteiger partial charge in [0.25, 0.3) is 0 Å². The van der Waals surface area contributed by atoms with Gasteiger partial charge in [-0.05, 0) is 38.0 Å². The van der Waals surface area contributed by atoms with E-state index in [9.17, 15) is 0 Å². The number of imidazole rings is 1. The first-order valence-electron chi connectivity index (χ1n) is 5.96. The van der Waals surface area contributed by atoms with Crippen molar-refractivity contribution in [2.75, 3.05) is 5.73 Å². The lowest BCUT2D eigenvalue weighted by atomic mass is 9.95. The lowest BCUT2D eigenvalue weighted by molar-refractivity contribution is 0.307. The van der Waals surface area contributed by atoms with E-state index < -0.39 is 0 Å². The molecule has 4 heteroatoms. The van der Waals surface area contributed by atoms with Gasteiger partial charge in [0.15, 0.2) is 0 Å². The first-order chi connectivity index (χ1) is 8.01. The second-order valence-electron chi connectivity index (χ2n) is 4.64. The van der Waals surface area contributed by atoms with E-state index in [1.165, 1.54) is 0 Å². The van der Waals surface area contributed by atoms with Gasteiger partial charge in [-0.3, -0.25) is 0 Å². The summed E-state index contributed by atoms with van der Waals surface area (Å²) in [6, 6.07) is 6.12. The zero-order valence-corrected chi connectivity index (χ0v) is 12.1. The summed E-state index contributed by atoms with van der Waals surface area (Å²) in [4.78, 5) is 4.45. The molecule has 0 saturated heterocycles. The van der Waals surface area contributed by atoms with Gasteiger partial charge in [0.1, 0.15) is 0 Å². The van der Waals surface area contributed by atoms with E-state index in [4.69, 9.17) is 5.73 Å². The average molecular weight is 296 g/mol. The van der Waals surface area contributed by atoms with E-state index in [-0.39, 0.29) is 5.54 Å². The number of fused-ring (bicyclic) bond motifs is 1. The number of anilines is 1. The minimum Gasteiger partial charge on any atom is -0.369 e. The van der Waals surface area contributed by atoms with E-state index in [2.05, 4.69) is 52.3 Å². The monoisotopic (exact) mass is 295 g/mol. The Bertz CT molecular complexity index is 541. The summed E-state index contributed by atoms with van der Waals surface area (Å²) in [6.07, 6.45) is 2.07. The highest BCUT2D eigenvalue weighted by Crippen LogP contribution is 2.32. The van der Waals surface area contributed by atoms with E-state index in [1.807, 2.05) is 12.1 Å². The first kappa shape index (κ1) is 12.4. The second kappa shape index (κ2) is 4.33. The normalized spacial score (nSPS) is 12.2. The molecule has 0 aliphatic rings. The highest BCUT2D eigenvalue weighted by molar-refractivity contribution is 9.10. The molecule has 2 N–H and O–H groups in total. The molecule has 92 valence electrons. The number of rotatable bonds is 3. The molecule has 1 aromatic heterocycles. The molecular formula is C13H18BrN3. The number of aromatic nitrogens is 2. The molecule has 0 bridgehead atoms. The van der Waals surface area contributed by atoms with Crippen molar-refractivity contribution in [3.63, 3.8) is 0 Å². The Morgan fingerprint density at radius 1 is 1.35 bits per heavy atom. The fourth-order valence-corrected chi connectivity index (χ4v) is 2.55. The van der Waals surface area contributed by atoms with E-state index in [0.29, 0.717) is 5.95 Å². The van der Waals surface area contributed by atoms with Gasteiger partial charge >= 0.3 is 0 Å². The molecule has 3 nitrogen and oxygen atoms in total. The third kappa shape index (κ3) is 1.95. The summed E-state index contributed by atoms with van der Waals surface area (Å²) in [6.45, 7) is 6.60. The Labute approximate surface area is 110 Å². The minimum atomic E-state index is 0.0344. The Morgan fingerprint density at radius 2 is 2.00 bits per heavy atom. The van der Waals surface area contributed by atoms with Crippen molar-refractivity contribution in [1.29, 1.82) is 0 Å². The van der Waals surface area contributed by atoms with Gasteiger partial charge in [0.2, 0.25) is 5.95 Å². The van der Waals surface area contributed by atoms with Crippen LogP contribution in [0.1, 0.15) is 33.6 Å². The molecule has 0 spiro atoms. The van der Waals surface area contributed by atoms with Gasteiger partial charge in [-0.1, -0.05) is 29.8 Å². The van der Waals surface area contributed by atoms with Crippen molar-refractivity contribution >= 4 is 32.9 Å². The van der Waals surface area contributed by atoms with E-state index in [1.54, 1.807) is 0 Å². The molecule has 1 heterocycles. The molecule has 2 rings (SSSR count). The summed E-state index contributed by atoms with van der Waals surface area (Å²) >= 11 is 3.46. The standard InChI is InChI=1S/C13H18BrN3/c1-4-13(3,5-2)17-11-7-6-9(14)8-10(11)16-12(17)15/h6-8H,4-5H2,1-3H3,(H2,15,16). The van der Waals surface area contributed by atoms with Crippen LogP contribution in [0.5, 0.6) is 0 Å². The fourth-order valence-electron chi connectivity index (χ4n) is 2.21. The first-order valence-corrected chi connectivity index (χ1v) is 6.75. The van der Waals surface area contributed by atoms with E-state index >= 15 is 0 Å². The summed E-state index contributed by atoms with van der Waals surface area (Å²) in [5, 5.41) is 0. The largest absolute Gasteiger partial charge is 0.369 e. The molecule has 0 aliphatic heterocycles. The molecule has 0 unspecified atom stereocenters. The Balaban J connectivity index is 2.73. The number of halogens is 1. The van der Waals surface area contributed by atoms with Crippen LogP contribution in [0, 0.1) is 0 Å². The number of hydrogen-bond acceptors (Lipinski definition) is 2. The number of benzene rings is 1. The van der Waals surface area contributed by atoms with Gasteiger partial charge in [0.05, 0.1) is 11.0 Å². The number of hydrogen-bond donors (Lipinski definition) is 1. The van der Waals surface area contributed by atoms with Gasteiger partial charge in [-0.15, -0.1) is 0 Å². The lowest BCUT2D eigenvalue weighted by Gasteiger charge is -2.30. The molecular weight excluding hydrogens is 278 g/mol. The summed E-state index contributed by atoms with van der Waals surface area (Å²) in [7, 11) is 0. The summed E-state index contributed by atoms with van der Waals surface area (Å²) < 4.78 is 3.19. The predicted molar refractivity (Wildman–Crippen MR) is 76.1 cm³/mol. The maximum absolute atomic E-state index is 6.08. The van der Waals surface area contributed by atoms with Crippen LogP contribution in [-0.2, 0) is 5.54 Å². The van der Waals surface area contributed by atoms with Crippen molar-refractivity contribution in [1.82, 2.24) is 9.55 Å². The van der Waals surface area contributed by atoms with Crippen LogP contribution in [0.3, 0.4) is 0 Å². The minimum absolute atomic E-state index is 0.0344. The molecule has 17 heavy (non-hydrogen) atoms. The smallest absolute Gasteiger partial charge is 0.201 e. The van der Waals surface area contributed by atoms with Crippen LogP contribution in [0.4, 0.5) is 5.95 Å². The Kier molecular flexibility index (Phi) is 3.17. The zero-order valence-electron chi connectivity index (χ0n) is 10.5. The van der Waals surface area contributed by atoms with Crippen LogP contribution in [0.15, 0.2) is 22.7 Å². The molecule has 0 amide bonds. The van der Waals surface area contributed by atoms with E-state index in [0.717, 1.165) is 28.3 Å². The summed E-state index contributed by atoms with van der Waals surface area (Å²) in [5.41, 5.74) is 8.17. The molecule has 0 saturated carbocycles. The number of nitrogens with two attached hydrogens (primary N) is 1.